The van der Waals surface area contributed by atoms with Crippen LogP contribution in [0.4, 0.5) is 5.69 Å². The molecule has 1 aliphatic carbocycles. The van der Waals surface area contributed by atoms with Crippen molar-refractivity contribution in [2.75, 3.05) is 13.1 Å². The average molecular weight is 272 g/mol. The van der Waals surface area contributed by atoms with E-state index in [1.165, 1.54) is 43.5 Å². The molecule has 2 rings (SSSR count). The van der Waals surface area contributed by atoms with E-state index >= 15 is 0 Å². The number of rotatable bonds is 6. The third-order valence-corrected chi connectivity index (χ3v) is 4.11. The molecular weight excluding hydrogens is 248 g/mol. The Balaban J connectivity index is 2.15. The van der Waals surface area contributed by atoms with Gasteiger partial charge in [-0.15, -0.1) is 0 Å². The maximum Gasteiger partial charge on any atom is 0.240 e. The first-order valence-corrected chi connectivity index (χ1v) is 7.72. The molecule has 0 saturated carbocycles. The van der Waals surface area contributed by atoms with Crippen LogP contribution in [0.15, 0.2) is 23.2 Å². The van der Waals surface area contributed by atoms with Gasteiger partial charge in [-0.2, -0.15) is 4.99 Å². The molecule has 3 nitrogen and oxygen atoms in total. The largest absolute Gasteiger partial charge is 0.300 e. The number of aliphatic imine (C=N–C) groups is 1. The topological polar surface area (TPSA) is 32.7 Å². The highest BCUT2D eigenvalue weighted by atomic mass is 16.1. The van der Waals surface area contributed by atoms with Gasteiger partial charge in [0.1, 0.15) is 0 Å². The highest BCUT2D eigenvalue weighted by Crippen LogP contribution is 2.28. The molecule has 1 unspecified atom stereocenters. The van der Waals surface area contributed by atoms with Crippen LogP contribution in [-0.2, 0) is 17.6 Å². The summed E-state index contributed by atoms with van der Waals surface area (Å²) in [6, 6.07) is 6.73. The van der Waals surface area contributed by atoms with Crippen LogP contribution >= 0.6 is 0 Å². The normalized spacial score (nSPS) is 17.6. The molecule has 1 aliphatic rings. The molecule has 0 saturated heterocycles. The molecule has 0 radical (unpaired) electrons. The number of hydrogen-bond acceptors (Lipinski definition) is 3. The fourth-order valence-electron chi connectivity index (χ4n) is 3.21. The van der Waals surface area contributed by atoms with Crippen molar-refractivity contribution in [2.45, 2.75) is 52.0 Å². The number of hydrogen-bond donors (Lipinski definition) is 0. The average Bonchev–Trinajstić information content (AvgIpc) is 2.47. The molecule has 0 amide bonds. The summed E-state index contributed by atoms with van der Waals surface area (Å²) in [6.07, 6.45) is 7.50. The Kier molecular flexibility index (Phi) is 5.51. The van der Waals surface area contributed by atoms with E-state index in [0.29, 0.717) is 6.04 Å². The minimum atomic E-state index is 0.637. The van der Waals surface area contributed by atoms with Crippen LogP contribution in [0.2, 0.25) is 0 Å². The monoisotopic (exact) mass is 272 g/mol. The molecule has 20 heavy (non-hydrogen) atoms. The van der Waals surface area contributed by atoms with Gasteiger partial charge < -0.3 is 4.90 Å². The summed E-state index contributed by atoms with van der Waals surface area (Å²) in [7, 11) is 0. The molecule has 0 spiro atoms. The Labute approximate surface area is 121 Å². The maximum atomic E-state index is 10.4. The van der Waals surface area contributed by atoms with Crippen LogP contribution in [0.1, 0.15) is 44.2 Å². The number of fused-ring (bicyclic) bond motifs is 1. The molecule has 108 valence electrons. The van der Waals surface area contributed by atoms with Crippen LogP contribution in [0.5, 0.6) is 0 Å². The highest BCUT2D eigenvalue weighted by Gasteiger charge is 2.23. The van der Waals surface area contributed by atoms with Crippen molar-refractivity contribution in [3.8, 4) is 0 Å². The number of benzene rings is 1. The number of carbonyl (C=O) groups excluding carboxylic acids is 1. The van der Waals surface area contributed by atoms with E-state index in [1.54, 1.807) is 6.08 Å². The Morgan fingerprint density at radius 1 is 1.25 bits per heavy atom. The van der Waals surface area contributed by atoms with Crippen molar-refractivity contribution in [2.24, 2.45) is 4.99 Å². The smallest absolute Gasteiger partial charge is 0.240 e. The van der Waals surface area contributed by atoms with Gasteiger partial charge in [-0.3, -0.25) is 0 Å². The zero-order valence-electron chi connectivity index (χ0n) is 12.6. The maximum absolute atomic E-state index is 10.4. The van der Waals surface area contributed by atoms with Gasteiger partial charge in [-0.05, 0) is 68.5 Å². The SMILES string of the molecule is CCCN(CCC)C1CCc2ccc(N=C=O)cc2C1. The number of nitrogens with zero attached hydrogens (tertiary/aromatic N) is 2. The molecule has 1 aromatic carbocycles. The minimum absolute atomic E-state index is 0.637. The molecule has 0 bridgehead atoms. The lowest BCUT2D eigenvalue weighted by molar-refractivity contribution is 0.180. The highest BCUT2D eigenvalue weighted by molar-refractivity contribution is 5.52. The molecule has 0 aromatic heterocycles. The summed E-state index contributed by atoms with van der Waals surface area (Å²) in [5.74, 6) is 0. The van der Waals surface area contributed by atoms with E-state index in [0.717, 1.165) is 18.5 Å². The first-order valence-electron chi connectivity index (χ1n) is 7.72. The molecule has 0 fully saturated rings. The Morgan fingerprint density at radius 3 is 2.65 bits per heavy atom. The predicted octanol–water partition coefficient (Wildman–Crippen LogP) is 3.63. The fourth-order valence-corrected chi connectivity index (χ4v) is 3.21. The number of aryl methyl sites for hydroxylation is 1. The van der Waals surface area contributed by atoms with Gasteiger partial charge in [0.05, 0.1) is 5.69 Å². The standard InChI is InChI=1S/C17H24N2O/c1-3-9-19(10-4-2)17-8-6-14-5-7-16(18-13-20)11-15(14)12-17/h5,7,11,17H,3-4,6,8-10,12H2,1-2H3. The quantitative estimate of drug-likeness (QED) is 0.585. The Morgan fingerprint density at radius 2 is 2.00 bits per heavy atom. The van der Waals surface area contributed by atoms with E-state index < -0.39 is 0 Å². The van der Waals surface area contributed by atoms with Crippen molar-refractivity contribution >= 4 is 11.8 Å². The lowest BCUT2D eigenvalue weighted by Crippen LogP contribution is -2.40. The van der Waals surface area contributed by atoms with Crippen molar-refractivity contribution < 1.29 is 4.79 Å². The van der Waals surface area contributed by atoms with Crippen molar-refractivity contribution in [1.29, 1.82) is 0 Å². The van der Waals surface area contributed by atoms with Gasteiger partial charge in [0.2, 0.25) is 6.08 Å². The van der Waals surface area contributed by atoms with Crippen LogP contribution < -0.4 is 0 Å². The van der Waals surface area contributed by atoms with Gasteiger partial charge in [0.15, 0.2) is 0 Å². The van der Waals surface area contributed by atoms with Gasteiger partial charge in [-0.1, -0.05) is 19.9 Å². The van der Waals surface area contributed by atoms with Gasteiger partial charge >= 0.3 is 0 Å². The lowest BCUT2D eigenvalue weighted by atomic mass is 9.87. The minimum Gasteiger partial charge on any atom is -0.300 e. The lowest BCUT2D eigenvalue weighted by Gasteiger charge is -2.35. The molecule has 1 atom stereocenters. The summed E-state index contributed by atoms with van der Waals surface area (Å²) in [4.78, 5) is 16.7. The molecule has 0 aliphatic heterocycles. The molecule has 3 heteroatoms. The molecule has 1 aromatic rings. The first kappa shape index (κ1) is 15.0. The van der Waals surface area contributed by atoms with Crippen molar-refractivity contribution in [3.63, 3.8) is 0 Å². The fraction of sp³-hybridized carbons (Fsp3) is 0.588. The summed E-state index contributed by atoms with van der Waals surface area (Å²) >= 11 is 0. The molecule has 0 N–H and O–H groups in total. The van der Waals surface area contributed by atoms with E-state index in [1.807, 2.05) is 6.07 Å². The number of isocyanates is 1. The van der Waals surface area contributed by atoms with E-state index in [4.69, 9.17) is 0 Å². The third-order valence-electron chi connectivity index (χ3n) is 4.11. The van der Waals surface area contributed by atoms with Crippen LogP contribution in [-0.4, -0.2) is 30.1 Å². The zero-order chi connectivity index (χ0) is 14.4. The van der Waals surface area contributed by atoms with Crippen molar-refractivity contribution in [1.82, 2.24) is 4.90 Å². The summed E-state index contributed by atoms with van der Waals surface area (Å²) in [5, 5.41) is 0. The van der Waals surface area contributed by atoms with Crippen LogP contribution in [0, 0.1) is 0 Å². The van der Waals surface area contributed by atoms with Gasteiger partial charge in [0.25, 0.3) is 0 Å². The van der Waals surface area contributed by atoms with E-state index in [2.05, 4.69) is 35.9 Å². The van der Waals surface area contributed by atoms with Gasteiger partial charge in [-0.25, -0.2) is 4.79 Å². The Bertz CT molecular complexity index is 486. The molecular formula is C17H24N2O. The predicted molar refractivity (Wildman–Crippen MR) is 82.2 cm³/mol. The summed E-state index contributed by atoms with van der Waals surface area (Å²) in [5.41, 5.74) is 3.51. The van der Waals surface area contributed by atoms with Gasteiger partial charge in [0, 0.05) is 6.04 Å². The summed E-state index contributed by atoms with van der Waals surface area (Å²) in [6.45, 7) is 6.85. The Hall–Kier alpha value is -1.44. The van der Waals surface area contributed by atoms with Crippen LogP contribution in [0.3, 0.4) is 0 Å². The second kappa shape index (κ2) is 7.37. The third kappa shape index (κ3) is 3.56. The second-order valence-electron chi connectivity index (χ2n) is 5.59. The second-order valence-corrected chi connectivity index (χ2v) is 5.59. The van der Waals surface area contributed by atoms with E-state index in [-0.39, 0.29) is 0 Å². The zero-order valence-corrected chi connectivity index (χ0v) is 12.6. The van der Waals surface area contributed by atoms with Crippen molar-refractivity contribution in [3.05, 3.63) is 29.3 Å². The first-order chi connectivity index (χ1) is 9.78. The molecule has 0 heterocycles. The summed E-state index contributed by atoms with van der Waals surface area (Å²) < 4.78 is 0. The van der Waals surface area contributed by atoms with E-state index in [9.17, 15) is 4.79 Å². The van der Waals surface area contributed by atoms with Crippen LogP contribution in [0.25, 0.3) is 0 Å².